The average Bonchev–Trinajstić information content (AvgIpc) is 2.47. The average molecular weight is 276 g/mol. The maximum absolute atomic E-state index is 12.0. The smallest absolute Gasteiger partial charge is 0.341 e. The van der Waals surface area contributed by atoms with Gasteiger partial charge in [-0.05, 0) is 45.2 Å². The lowest BCUT2D eigenvalue weighted by molar-refractivity contribution is -0.118. The summed E-state index contributed by atoms with van der Waals surface area (Å²) in [7, 11) is 0. The van der Waals surface area contributed by atoms with Crippen molar-refractivity contribution in [2.75, 3.05) is 18.1 Å². The Labute approximate surface area is 118 Å². The van der Waals surface area contributed by atoms with Crippen LogP contribution in [0.1, 0.15) is 43.5 Å². The van der Waals surface area contributed by atoms with Gasteiger partial charge in [-0.15, -0.1) is 0 Å². The van der Waals surface area contributed by atoms with E-state index in [1.165, 1.54) is 0 Å². The van der Waals surface area contributed by atoms with Crippen LogP contribution in [0.2, 0.25) is 0 Å². The Balaban J connectivity index is 2.35. The number of ether oxygens (including phenoxy) is 1. The quantitative estimate of drug-likeness (QED) is 0.789. The fourth-order valence-corrected chi connectivity index (χ4v) is 2.60. The van der Waals surface area contributed by atoms with Crippen LogP contribution < -0.4 is 4.90 Å². The minimum Gasteiger partial charge on any atom is -0.462 e. The van der Waals surface area contributed by atoms with Crippen molar-refractivity contribution in [2.45, 2.75) is 39.2 Å². The van der Waals surface area contributed by atoms with Crippen LogP contribution in [0.5, 0.6) is 0 Å². The number of Topliss-reactive ketones (excluding diaryl/α,β-unsaturated/α-hetero) is 1. The lowest BCUT2D eigenvalue weighted by atomic mass is 9.98. The van der Waals surface area contributed by atoms with Crippen LogP contribution in [0.3, 0.4) is 0 Å². The number of ketones is 1. The van der Waals surface area contributed by atoms with Gasteiger partial charge in [-0.2, -0.15) is 0 Å². The number of carbonyl (C=O) groups is 2. The maximum Gasteiger partial charge on any atom is 0.341 e. The molecule has 0 saturated carbocycles. The molecule has 20 heavy (non-hydrogen) atoms. The van der Waals surface area contributed by atoms with Crippen molar-refractivity contribution >= 4 is 17.6 Å². The fourth-order valence-electron chi connectivity index (χ4n) is 2.60. The Morgan fingerprint density at radius 2 is 2.25 bits per heavy atom. The fraction of sp³-hybridized carbons (Fsp3) is 0.533. The standard InChI is InChI=1S/C15H20N2O3/c1-3-20-15(19)12-7-6-9-16-14(12)17-10-5-4-8-13(17)11(2)18/h6-7,9,13H,3-5,8,10H2,1-2H3. The molecular formula is C15H20N2O3. The lowest BCUT2D eigenvalue weighted by Crippen LogP contribution is -2.45. The predicted octanol–water partition coefficient (Wildman–Crippen LogP) is 2.21. The van der Waals surface area contributed by atoms with E-state index in [0.717, 1.165) is 25.8 Å². The Bertz CT molecular complexity index is 502. The molecule has 0 spiro atoms. The van der Waals surface area contributed by atoms with Crippen molar-refractivity contribution in [3.63, 3.8) is 0 Å². The number of anilines is 1. The van der Waals surface area contributed by atoms with E-state index in [1.54, 1.807) is 32.2 Å². The van der Waals surface area contributed by atoms with Crippen molar-refractivity contribution in [3.05, 3.63) is 23.9 Å². The van der Waals surface area contributed by atoms with Gasteiger partial charge in [0.25, 0.3) is 0 Å². The number of hydrogen-bond donors (Lipinski definition) is 0. The van der Waals surface area contributed by atoms with E-state index >= 15 is 0 Å². The summed E-state index contributed by atoms with van der Waals surface area (Å²) < 4.78 is 5.06. The Morgan fingerprint density at radius 1 is 1.45 bits per heavy atom. The highest BCUT2D eigenvalue weighted by molar-refractivity contribution is 5.96. The number of esters is 1. The van der Waals surface area contributed by atoms with Gasteiger partial charge in [0.1, 0.15) is 11.4 Å². The molecule has 0 aliphatic carbocycles. The Kier molecular flexibility index (Phi) is 4.71. The van der Waals surface area contributed by atoms with E-state index < -0.39 is 0 Å². The molecule has 1 fully saturated rings. The number of aromatic nitrogens is 1. The second kappa shape index (κ2) is 6.50. The van der Waals surface area contributed by atoms with Crippen molar-refractivity contribution < 1.29 is 14.3 Å². The zero-order valence-electron chi connectivity index (χ0n) is 12.0. The van der Waals surface area contributed by atoms with Gasteiger partial charge in [-0.1, -0.05) is 0 Å². The highest BCUT2D eigenvalue weighted by atomic mass is 16.5. The molecule has 5 heteroatoms. The number of hydrogen-bond acceptors (Lipinski definition) is 5. The normalized spacial score (nSPS) is 18.7. The van der Waals surface area contributed by atoms with E-state index in [0.29, 0.717) is 18.0 Å². The molecule has 0 aromatic carbocycles. The van der Waals surface area contributed by atoms with Gasteiger partial charge in [0.2, 0.25) is 0 Å². The number of carbonyl (C=O) groups excluding carboxylic acids is 2. The molecule has 0 amide bonds. The first-order valence-electron chi connectivity index (χ1n) is 7.04. The first-order chi connectivity index (χ1) is 9.65. The van der Waals surface area contributed by atoms with Crippen LogP contribution in [0.15, 0.2) is 18.3 Å². The van der Waals surface area contributed by atoms with Crippen LogP contribution >= 0.6 is 0 Å². The molecule has 1 saturated heterocycles. The predicted molar refractivity (Wildman–Crippen MR) is 75.9 cm³/mol. The molecule has 0 N–H and O–H groups in total. The summed E-state index contributed by atoms with van der Waals surface area (Å²) >= 11 is 0. The molecule has 0 radical (unpaired) electrons. The summed E-state index contributed by atoms with van der Waals surface area (Å²) in [5, 5.41) is 0. The minimum absolute atomic E-state index is 0.116. The third-order valence-electron chi connectivity index (χ3n) is 3.53. The van der Waals surface area contributed by atoms with Crippen LogP contribution in [-0.4, -0.2) is 35.9 Å². The second-order valence-corrected chi connectivity index (χ2v) is 4.91. The Morgan fingerprint density at radius 3 is 2.95 bits per heavy atom. The topological polar surface area (TPSA) is 59.5 Å². The Hall–Kier alpha value is -1.91. The molecule has 1 aromatic heterocycles. The summed E-state index contributed by atoms with van der Waals surface area (Å²) in [6.45, 7) is 4.43. The highest BCUT2D eigenvalue weighted by Gasteiger charge is 2.30. The molecule has 1 aliphatic rings. The van der Waals surface area contributed by atoms with E-state index in [4.69, 9.17) is 4.74 Å². The molecule has 0 bridgehead atoms. The zero-order chi connectivity index (χ0) is 14.5. The second-order valence-electron chi connectivity index (χ2n) is 4.91. The summed E-state index contributed by atoms with van der Waals surface area (Å²) in [5.74, 6) is 0.291. The van der Waals surface area contributed by atoms with Crippen molar-refractivity contribution in [3.8, 4) is 0 Å². The molecule has 1 aromatic rings. The third-order valence-corrected chi connectivity index (χ3v) is 3.53. The van der Waals surface area contributed by atoms with Gasteiger partial charge in [-0.3, -0.25) is 4.79 Å². The van der Waals surface area contributed by atoms with Gasteiger partial charge in [0.15, 0.2) is 5.78 Å². The maximum atomic E-state index is 12.0. The largest absolute Gasteiger partial charge is 0.462 e. The van der Waals surface area contributed by atoms with Gasteiger partial charge >= 0.3 is 5.97 Å². The summed E-state index contributed by atoms with van der Waals surface area (Å²) in [6, 6.07) is 3.22. The molecule has 1 aliphatic heterocycles. The van der Waals surface area contributed by atoms with Crippen LogP contribution in [0.25, 0.3) is 0 Å². The van der Waals surface area contributed by atoms with Gasteiger partial charge in [0, 0.05) is 12.7 Å². The van der Waals surface area contributed by atoms with E-state index in [-0.39, 0.29) is 17.8 Å². The third kappa shape index (κ3) is 2.98. The molecule has 1 atom stereocenters. The highest BCUT2D eigenvalue weighted by Crippen LogP contribution is 2.27. The molecule has 1 unspecified atom stereocenters. The van der Waals surface area contributed by atoms with Crippen molar-refractivity contribution in [1.82, 2.24) is 4.98 Å². The first-order valence-corrected chi connectivity index (χ1v) is 7.04. The number of nitrogens with zero attached hydrogens (tertiary/aromatic N) is 2. The van der Waals surface area contributed by atoms with Crippen LogP contribution in [-0.2, 0) is 9.53 Å². The number of piperidine rings is 1. The first kappa shape index (κ1) is 14.5. The summed E-state index contributed by atoms with van der Waals surface area (Å²) in [5.41, 5.74) is 0.433. The summed E-state index contributed by atoms with van der Waals surface area (Å²) in [6.07, 6.45) is 4.49. The van der Waals surface area contributed by atoms with Gasteiger partial charge < -0.3 is 9.64 Å². The molecule has 5 nitrogen and oxygen atoms in total. The molecular weight excluding hydrogens is 256 g/mol. The SMILES string of the molecule is CCOC(=O)c1cccnc1N1CCCCC1C(C)=O. The van der Waals surface area contributed by atoms with Gasteiger partial charge in [-0.25, -0.2) is 9.78 Å². The van der Waals surface area contributed by atoms with E-state index in [2.05, 4.69) is 4.98 Å². The van der Waals surface area contributed by atoms with Gasteiger partial charge in [0.05, 0.1) is 12.6 Å². The van der Waals surface area contributed by atoms with Crippen molar-refractivity contribution in [1.29, 1.82) is 0 Å². The minimum atomic E-state index is -0.386. The van der Waals surface area contributed by atoms with Crippen LogP contribution in [0.4, 0.5) is 5.82 Å². The lowest BCUT2D eigenvalue weighted by Gasteiger charge is -2.35. The molecule has 2 heterocycles. The number of pyridine rings is 1. The summed E-state index contributed by atoms with van der Waals surface area (Å²) in [4.78, 5) is 30.1. The molecule has 108 valence electrons. The van der Waals surface area contributed by atoms with Crippen LogP contribution in [0, 0.1) is 0 Å². The van der Waals surface area contributed by atoms with Crippen molar-refractivity contribution in [2.24, 2.45) is 0 Å². The van der Waals surface area contributed by atoms with E-state index in [1.807, 2.05) is 4.90 Å². The molecule has 2 rings (SSSR count). The monoisotopic (exact) mass is 276 g/mol. The zero-order valence-corrected chi connectivity index (χ0v) is 12.0. The number of rotatable bonds is 4. The van der Waals surface area contributed by atoms with E-state index in [9.17, 15) is 9.59 Å².